The molecular formula is C11H8BrN3O. The Morgan fingerprint density at radius 3 is 3.00 bits per heavy atom. The zero-order chi connectivity index (χ0) is 11.0. The van der Waals surface area contributed by atoms with E-state index in [1.54, 1.807) is 18.7 Å². The van der Waals surface area contributed by atoms with Gasteiger partial charge < -0.3 is 8.98 Å². The number of aromatic nitrogens is 3. The minimum absolute atomic E-state index is 0.632. The van der Waals surface area contributed by atoms with Gasteiger partial charge in [0.2, 0.25) is 5.89 Å². The van der Waals surface area contributed by atoms with Crippen molar-refractivity contribution in [3.63, 3.8) is 0 Å². The van der Waals surface area contributed by atoms with E-state index in [-0.39, 0.29) is 0 Å². The fraction of sp³-hybridized carbons (Fsp3) is 0.0909. The van der Waals surface area contributed by atoms with Crippen LogP contribution >= 0.6 is 15.9 Å². The van der Waals surface area contributed by atoms with Crippen molar-refractivity contribution < 1.29 is 4.42 Å². The third-order valence-corrected chi connectivity index (χ3v) is 3.07. The number of pyridine rings is 1. The van der Waals surface area contributed by atoms with Crippen LogP contribution in [-0.2, 0) is 6.54 Å². The predicted molar refractivity (Wildman–Crippen MR) is 63.0 cm³/mol. The molecular weight excluding hydrogens is 270 g/mol. The van der Waals surface area contributed by atoms with E-state index in [4.69, 9.17) is 4.42 Å². The summed E-state index contributed by atoms with van der Waals surface area (Å²) in [6, 6.07) is 4.00. The lowest BCUT2D eigenvalue weighted by Gasteiger charge is -2.01. The fourth-order valence-corrected chi connectivity index (χ4v) is 2.16. The second-order valence-electron chi connectivity index (χ2n) is 3.40. The maximum Gasteiger partial charge on any atom is 0.213 e. The Morgan fingerprint density at radius 2 is 2.19 bits per heavy atom. The molecule has 0 radical (unpaired) electrons. The minimum Gasteiger partial charge on any atom is -0.447 e. The SMILES string of the molecule is Brc1nccc2c1ccn2Cc1ncco1. The largest absolute Gasteiger partial charge is 0.447 e. The highest BCUT2D eigenvalue weighted by atomic mass is 79.9. The molecule has 0 spiro atoms. The van der Waals surface area contributed by atoms with Crippen molar-refractivity contribution in [3.05, 3.63) is 47.5 Å². The second-order valence-corrected chi connectivity index (χ2v) is 4.16. The summed E-state index contributed by atoms with van der Waals surface area (Å²) >= 11 is 3.42. The smallest absolute Gasteiger partial charge is 0.213 e. The highest BCUT2D eigenvalue weighted by molar-refractivity contribution is 9.10. The number of hydrogen-bond acceptors (Lipinski definition) is 3. The molecule has 0 aliphatic heterocycles. The monoisotopic (exact) mass is 277 g/mol. The summed E-state index contributed by atoms with van der Waals surface area (Å²) in [6.07, 6.45) is 7.01. The van der Waals surface area contributed by atoms with Crippen molar-refractivity contribution in [1.29, 1.82) is 0 Å². The van der Waals surface area contributed by atoms with Gasteiger partial charge in [-0.25, -0.2) is 9.97 Å². The molecule has 4 nitrogen and oxygen atoms in total. The van der Waals surface area contributed by atoms with Crippen LogP contribution < -0.4 is 0 Å². The number of hydrogen-bond donors (Lipinski definition) is 0. The maximum absolute atomic E-state index is 5.23. The highest BCUT2D eigenvalue weighted by Crippen LogP contribution is 2.22. The van der Waals surface area contributed by atoms with Gasteiger partial charge in [0.25, 0.3) is 0 Å². The Labute approximate surface area is 100 Å². The van der Waals surface area contributed by atoms with E-state index in [0.717, 1.165) is 15.5 Å². The summed E-state index contributed by atoms with van der Waals surface area (Å²) in [7, 11) is 0. The molecule has 3 aromatic rings. The Kier molecular flexibility index (Phi) is 2.25. The van der Waals surface area contributed by atoms with Crippen molar-refractivity contribution in [2.24, 2.45) is 0 Å². The van der Waals surface area contributed by atoms with Crippen LogP contribution in [0.15, 0.2) is 46.0 Å². The van der Waals surface area contributed by atoms with Crippen molar-refractivity contribution in [1.82, 2.24) is 14.5 Å². The molecule has 0 unspecified atom stereocenters. The third-order valence-electron chi connectivity index (χ3n) is 2.44. The topological polar surface area (TPSA) is 43.9 Å². The van der Waals surface area contributed by atoms with E-state index in [0.29, 0.717) is 12.4 Å². The van der Waals surface area contributed by atoms with Gasteiger partial charge in [0.15, 0.2) is 0 Å². The van der Waals surface area contributed by atoms with E-state index in [1.807, 2.05) is 18.3 Å². The molecule has 0 amide bonds. The molecule has 0 aromatic carbocycles. The standard InChI is InChI=1S/C11H8BrN3O/c12-11-8-2-5-15(9(8)1-3-14-11)7-10-13-4-6-16-10/h1-6H,7H2. The van der Waals surface area contributed by atoms with Gasteiger partial charge in [-0.15, -0.1) is 0 Å². The Balaban J connectivity index is 2.08. The lowest BCUT2D eigenvalue weighted by molar-refractivity contribution is 0.482. The van der Waals surface area contributed by atoms with Gasteiger partial charge >= 0.3 is 0 Å². The van der Waals surface area contributed by atoms with E-state index in [2.05, 4.69) is 30.5 Å². The number of fused-ring (bicyclic) bond motifs is 1. The van der Waals surface area contributed by atoms with Gasteiger partial charge in [0.1, 0.15) is 10.9 Å². The van der Waals surface area contributed by atoms with Crippen LogP contribution in [0.3, 0.4) is 0 Å². The first-order valence-electron chi connectivity index (χ1n) is 4.82. The molecule has 0 aliphatic carbocycles. The van der Waals surface area contributed by atoms with Gasteiger partial charge in [-0.05, 0) is 28.1 Å². The minimum atomic E-state index is 0.632. The van der Waals surface area contributed by atoms with Gasteiger partial charge in [-0.2, -0.15) is 0 Å². The highest BCUT2D eigenvalue weighted by Gasteiger charge is 2.06. The molecule has 0 atom stereocenters. The van der Waals surface area contributed by atoms with Gasteiger partial charge in [-0.3, -0.25) is 0 Å². The summed E-state index contributed by atoms with van der Waals surface area (Å²) in [5.74, 6) is 0.699. The van der Waals surface area contributed by atoms with E-state index < -0.39 is 0 Å². The first kappa shape index (κ1) is 9.59. The number of halogens is 1. The van der Waals surface area contributed by atoms with Crippen LogP contribution in [0.4, 0.5) is 0 Å². The number of nitrogens with zero attached hydrogens (tertiary/aromatic N) is 3. The van der Waals surface area contributed by atoms with Crippen LogP contribution in [0.1, 0.15) is 5.89 Å². The first-order chi connectivity index (χ1) is 7.84. The molecule has 3 rings (SSSR count). The molecule has 0 bridgehead atoms. The molecule has 0 saturated heterocycles. The van der Waals surface area contributed by atoms with Crippen LogP contribution in [-0.4, -0.2) is 14.5 Å². The normalized spacial score (nSPS) is 11.1. The van der Waals surface area contributed by atoms with E-state index in [1.165, 1.54) is 0 Å². The number of oxazole rings is 1. The Bertz CT molecular complexity index is 615. The van der Waals surface area contributed by atoms with Crippen LogP contribution in [0, 0.1) is 0 Å². The lowest BCUT2D eigenvalue weighted by atomic mass is 10.3. The van der Waals surface area contributed by atoms with Crippen LogP contribution in [0.25, 0.3) is 10.9 Å². The molecule has 3 aromatic heterocycles. The average Bonchev–Trinajstić information content (AvgIpc) is 2.90. The quantitative estimate of drug-likeness (QED) is 0.677. The molecule has 0 fully saturated rings. The van der Waals surface area contributed by atoms with Gasteiger partial charge in [-0.1, -0.05) is 0 Å². The molecule has 0 saturated carbocycles. The summed E-state index contributed by atoms with van der Waals surface area (Å²) in [5.41, 5.74) is 1.11. The van der Waals surface area contributed by atoms with Crippen molar-refractivity contribution in [3.8, 4) is 0 Å². The summed E-state index contributed by atoms with van der Waals surface area (Å²) < 4.78 is 8.16. The summed E-state index contributed by atoms with van der Waals surface area (Å²) in [5, 5.41) is 1.09. The van der Waals surface area contributed by atoms with Crippen LogP contribution in [0.2, 0.25) is 0 Å². The summed E-state index contributed by atoms with van der Waals surface area (Å²) in [6.45, 7) is 0.632. The zero-order valence-electron chi connectivity index (χ0n) is 8.30. The van der Waals surface area contributed by atoms with Crippen molar-refractivity contribution in [2.75, 3.05) is 0 Å². The summed E-state index contributed by atoms with van der Waals surface area (Å²) in [4.78, 5) is 8.29. The third kappa shape index (κ3) is 1.53. The van der Waals surface area contributed by atoms with E-state index >= 15 is 0 Å². The van der Waals surface area contributed by atoms with Crippen molar-refractivity contribution >= 4 is 26.8 Å². The van der Waals surface area contributed by atoms with Crippen LogP contribution in [0.5, 0.6) is 0 Å². The Morgan fingerprint density at radius 1 is 1.25 bits per heavy atom. The van der Waals surface area contributed by atoms with E-state index in [9.17, 15) is 0 Å². The Hall–Kier alpha value is -1.62. The number of rotatable bonds is 2. The second kappa shape index (κ2) is 3.75. The predicted octanol–water partition coefficient (Wildman–Crippen LogP) is 2.84. The molecule has 16 heavy (non-hydrogen) atoms. The van der Waals surface area contributed by atoms with Gasteiger partial charge in [0, 0.05) is 17.8 Å². The molecule has 0 N–H and O–H groups in total. The molecule has 80 valence electrons. The first-order valence-corrected chi connectivity index (χ1v) is 5.61. The molecule has 5 heteroatoms. The average molecular weight is 278 g/mol. The molecule has 0 aliphatic rings. The zero-order valence-corrected chi connectivity index (χ0v) is 9.89. The lowest BCUT2D eigenvalue weighted by Crippen LogP contribution is -1.97. The van der Waals surface area contributed by atoms with Crippen molar-refractivity contribution in [2.45, 2.75) is 6.54 Å². The van der Waals surface area contributed by atoms with Gasteiger partial charge in [0.05, 0.1) is 18.3 Å². The molecule has 3 heterocycles. The fourth-order valence-electron chi connectivity index (χ4n) is 1.70. The maximum atomic E-state index is 5.23.